The Morgan fingerprint density at radius 3 is 2.61 bits per heavy atom. The summed E-state index contributed by atoms with van der Waals surface area (Å²) in [5.41, 5.74) is 5.96. The number of hydrazine groups is 1. The summed E-state index contributed by atoms with van der Waals surface area (Å²) in [6.45, 7) is 3.08. The molecule has 2 heterocycles. The van der Waals surface area contributed by atoms with Gasteiger partial charge in [-0.3, -0.25) is 30.1 Å². The van der Waals surface area contributed by atoms with E-state index in [-0.39, 0.29) is 24.3 Å². The molecule has 1 aliphatic rings. The minimum absolute atomic E-state index is 0.0681. The van der Waals surface area contributed by atoms with E-state index in [1.807, 2.05) is 24.0 Å². The number of rotatable bonds is 7. The number of amides is 3. The summed E-state index contributed by atoms with van der Waals surface area (Å²) in [5, 5.41) is 2.85. The van der Waals surface area contributed by atoms with Crippen LogP contribution in [0.5, 0.6) is 11.5 Å². The van der Waals surface area contributed by atoms with E-state index < -0.39 is 5.91 Å². The standard InChI is InChI=1S/C23H29N5O5/c1-15-6-4-8-20(24-15)25-22(30)17-7-5-11-28(13-17)14-21(29)26-27-23(31)16-9-10-18(32-2)19(12-16)33-3/h4,6,8-10,12,17H,5,7,11,13-14H2,1-3H3,(H,26,29)(H,27,31)(H,24,25,30). The zero-order valence-corrected chi connectivity index (χ0v) is 19.0. The number of benzene rings is 1. The number of likely N-dealkylation sites (tertiary alicyclic amines) is 1. The maximum absolute atomic E-state index is 12.6. The largest absolute Gasteiger partial charge is 0.493 e. The second-order valence-electron chi connectivity index (χ2n) is 7.80. The SMILES string of the molecule is COc1ccc(C(=O)NNC(=O)CN2CCCC(C(=O)Nc3cccc(C)n3)C2)cc1OC. The number of nitrogens with one attached hydrogen (secondary N) is 3. The van der Waals surface area contributed by atoms with Gasteiger partial charge in [0.15, 0.2) is 11.5 Å². The lowest BCUT2D eigenvalue weighted by molar-refractivity contribution is -0.126. The number of piperidine rings is 1. The van der Waals surface area contributed by atoms with E-state index in [0.717, 1.165) is 18.5 Å². The van der Waals surface area contributed by atoms with Crippen LogP contribution in [0.15, 0.2) is 36.4 Å². The minimum Gasteiger partial charge on any atom is -0.493 e. The van der Waals surface area contributed by atoms with Crippen LogP contribution in [0.2, 0.25) is 0 Å². The van der Waals surface area contributed by atoms with E-state index >= 15 is 0 Å². The first-order valence-corrected chi connectivity index (χ1v) is 10.7. The fraction of sp³-hybridized carbons (Fsp3) is 0.391. The van der Waals surface area contributed by atoms with Crippen LogP contribution in [0.3, 0.4) is 0 Å². The lowest BCUT2D eigenvalue weighted by atomic mass is 9.97. The molecule has 3 N–H and O–H groups in total. The van der Waals surface area contributed by atoms with Crippen molar-refractivity contribution >= 4 is 23.5 Å². The van der Waals surface area contributed by atoms with E-state index in [4.69, 9.17) is 9.47 Å². The van der Waals surface area contributed by atoms with Crippen molar-refractivity contribution in [1.29, 1.82) is 0 Å². The number of ether oxygens (including phenoxy) is 2. The van der Waals surface area contributed by atoms with Crippen LogP contribution in [0.4, 0.5) is 5.82 Å². The lowest BCUT2D eigenvalue weighted by Gasteiger charge is -2.31. The third-order valence-electron chi connectivity index (χ3n) is 5.34. The van der Waals surface area contributed by atoms with Gasteiger partial charge in [0.1, 0.15) is 5.82 Å². The Hall–Kier alpha value is -3.66. The monoisotopic (exact) mass is 455 g/mol. The summed E-state index contributed by atoms with van der Waals surface area (Å²) >= 11 is 0. The number of carbonyl (C=O) groups is 3. The molecule has 0 radical (unpaired) electrons. The van der Waals surface area contributed by atoms with Gasteiger partial charge in [0.2, 0.25) is 5.91 Å². The zero-order valence-electron chi connectivity index (χ0n) is 19.0. The number of aryl methyl sites for hydroxylation is 1. The molecule has 1 aromatic carbocycles. The van der Waals surface area contributed by atoms with E-state index in [0.29, 0.717) is 36.0 Å². The van der Waals surface area contributed by atoms with Crippen LogP contribution in [-0.2, 0) is 9.59 Å². The van der Waals surface area contributed by atoms with Crippen LogP contribution < -0.4 is 25.6 Å². The van der Waals surface area contributed by atoms with Crippen molar-refractivity contribution in [2.45, 2.75) is 19.8 Å². The van der Waals surface area contributed by atoms with Gasteiger partial charge >= 0.3 is 0 Å². The average molecular weight is 456 g/mol. The highest BCUT2D eigenvalue weighted by atomic mass is 16.5. The molecule has 1 atom stereocenters. The quantitative estimate of drug-likeness (QED) is 0.541. The van der Waals surface area contributed by atoms with Crippen LogP contribution in [0.1, 0.15) is 28.9 Å². The molecule has 2 aromatic rings. The summed E-state index contributed by atoms with van der Waals surface area (Å²) in [5.74, 6) is 0.231. The number of methoxy groups -OCH3 is 2. The van der Waals surface area contributed by atoms with Crippen molar-refractivity contribution in [2.75, 3.05) is 39.2 Å². The average Bonchev–Trinajstić information content (AvgIpc) is 2.82. The highest BCUT2D eigenvalue weighted by Crippen LogP contribution is 2.27. The molecule has 1 unspecified atom stereocenters. The number of anilines is 1. The molecule has 0 aliphatic carbocycles. The van der Waals surface area contributed by atoms with Crippen LogP contribution >= 0.6 is 0 Å². The first kappa shape index (κ1) is 24.0. The summed E-state index contributed by atoms with van der Waals surface area (Å²) in [6, 6.07) is 10.2. The summed E-state index contributed by atoms with van der Waals surface area (Å²) in [7, 11) is 2.98. The summed E-state index contributed by atoms with van der Waals surface area (Å²) in [4.78, 5) is 43.5. The van der Waals surface area contributed by atoms with Gasteiger partial charge in [-0.2, -0.15) is 0 Å². The molecule has 3 amide bonds. The number of nitrogens with zero attached hydrogens (tertiary/aromatic N) is 2. The molecular formula is C23H29N5O5. The predicted molar refractivity (Wildman–Crippen MR) is 122 cm³/mol. The topological polar surface area (TPSA) is 122 Å². The highest BCUT2D eigenvalue weighted by Gasteiger charge is 2.27. The fourth-order valence-corrected chi connectivity index (χ4v) is 3.67. The molecule has 1 fully saturated rings. The number of aromatic nitrogens is 1. The van der Waals surface area contributed by atoms with Gasteiger partial charge in [0, 0.05) is 17.8 Å². The molecule has 1 aromatic heterocycles. The Labute approximate surface area is 192 Å². The smallest absolute Gasteiger partial charge is 0.269 e. The minimum atomic E-state index is -0.481. The Bertz CT molecular complexity index is 1010. The van der Waals surface area contributed by atoms with Crippen LogP contribution in [-0.4, -0.2) is 61.5 Å². The van der Waals surface area contributed by atoms with Crippen LogP contribution in [0, 0.1) is 12.8 Å². The molecule has 1 aliphatic heterocycles. The van der Waals surface area contributed by atoms with Gasteiger partial charge in [-0.1, -0.05) is 6.07 Å². The molecule has 33 heavy (non-hydrogen) atoms. The fourth-order valence-electron chi connectivity index (χ4n) is 3.67. The molecule has 0 bridgehead atoms. The molecule has 10 nitrogen and oxygen atoms in total. The van der Waals surface area contributed by atoms with E-state index in [9.17, 15) is 14.4 Å². The molecule has 0 spiro atoms. The number of hydrogen-bond donors (Lipinski definition) is 3. The maximum atomic E-state index is 12.6. The number of pyridine rings is 1. The molecular weight excluding hydrogens is 426 g/mol. The van der Waals surface area contributed by atoms with Crippen molar-refractivity contribution in [3.63, 3.8) is 0 Å². The van der Waals surface area contributed by atoms with E-state index in [1.165, 1.54) is 20.3 Å². The van der Waals surface area contributed by atoms with E-state index in [2.05, 4.69) is 21.2 Å². The number of hydrogen-bond acceptors (Lipinski definition) is 7. The molecule has 1 saturated heterocycles. The van der Waals surface area contributed by atoms with Gasteiger partial charge in [0.05, 0.1) is 26.7 Å². The third kappa shape index (κ3) is 6.66. The Balaban J connectivity index is 1.48. The Morgan fingerprint density at radius 1 is 1.09 bits per heavy atom. The molecule has 0 saturated carbocycles. The van der Waals surface area contributed by atoms with Crippen molar-refractivity contribution < 1.29 is 23.9 Å². The third-order valence-corrected chi connectivity index (χ3v) is 5.34. The molecule has 176 valence electrons. The van der Waals surface area contributed by atoms with E-state index in [1.54, 1.807) is 18.2 Å². The highest BCUT2D eigenvalue weighted by molar-refractivity contribution is 5.96. The van der Waals surface area contributed by atoms with Crippen molar-refractivity contribution in [3.05, 3.63) is 47.7 Å². The first-order chi connectivity index (χ1) is 15.9. The zero-order chi connectivity index (χ0) is 23.8. The normalized spacial score (nSPS) is 15.9. The van der Waals surface area contributed by atoms with Crippen molar-refractivity contribution in [1.82, 2.24) is 20.7 Å². The van der Waals surface area contributed by atoms with Gasteiger partial charge in [-0.15, -0.1) is 0 Å². The van der Waals surface area contributed by atoms with Gasteiger partial charge < -0.3 is 14.8 Å². The lowest BCUT2D eigenvalue weighted by Crippen LogP contribution is -2.49. The van der Waals surface area contributed by atoms with Gasteiger partial charge in [0.25, 0.3) is 11.8 Å². The van der Waals surface area contributed by atoms with Crippen molar-refractivity contribution in [2.24, 2.45) is 5.92 Å². The van der Waals surface area contributed by atoms with Gasteiger partial charge in [-0.05, 0) is 56.6 Å². The molecule has 10 heteroatoms. The summed E-state index contributed by atoms with van der Waals surface area (Å²) in [6.07, 6.45) is 1.54. The molecule has 3 rings (SSSR count). The first-order valence-electron chi connectivity index (χ1n) is 10.7. The second kappa shape index (κ2) is 11.3. The Kier molecular flexibility index (Phi) is 8.20. The second-order valence-corrected chi connectivity index (χ2v) is 7.80. The maximum Gasteiger partial charge on any atom is 0.269 e. The number of carbonyl (C=O) groups excluding carboxylic acids is 3. The summed E-state index contributed by atoms with van der Waals surface area (Å²) < 4.78 is 10.3. The van der Waals surface area contributed by atoms with Crippen molar-refractivity contribution in [3.8, 4) is 11.5 Å². The van der Waals surface area contributed by atoms with Gasteiger partial charge in [-0.25, -0.2) is 4.98 Å². The predicted octanol–water partition coefficient (Wildman–Crippen LogP) is 1.52. The Morgan fingerprint density at radius 2 is 1.88 bits per heavy atom. The van der Waals surface area contributed by atoms with Crippen LogP contribution in [0.25, 0.3) is 0 Å².